The molecular weight excluding hydrogens is 166 g/mol. The van der Waals surface area contributed by atoms with Crippen molar-refractivity contribution in [3.8, 4) is 0 Å². The molecule has 0 bridgehead atoms. The summed E-state index contributed by atoms with van der Waals surface area (Å²) in [5.74, 6) is 0.134. The van der Waals surface area contributed by atoms with Crippen molar-refractivity contribution < 1.29 is 9.90 Å². The summed E-state index contributed by atoms with van der Waals surface area (Å²) in [6.45, 7) is 4.24. The highest BCUT2D eigenvalue weighted by Gasteiger charge is 2.09. The molecule has 0 rings (SSSR count). The van der Waals surface area contributed by atoms with Crippen molar-refractivity contribution in [1.82, 2.24) is 4.90 Å². The Bertz CT molecular complexity index is 146. The molecule has 3 heteroatoms. The molecule has 0 aromatic heterocycles. The van der Waals surface area contributed by atoms with Crippen LogP contribution in [-0.2, 0) is 4.79 Å². The van der Waals surface area contributed by atoms with Gasteiger partial charge in [-0.2, -0.15) is 0 Å². The lowest BCUT2D eigenvalue weighted by atomic mass is 10.2. The Morgan fingerprint density at radius 1 is 1.46 bits per heavy atom. The van der Waals surface area contributed by atoms with Crippen LogP contribution in [-0.4, -0.2) is 35.6 Å². The predicted molar refractivity (Wildman–Crippen MR) is 53.5 cm³/mol. The lowest BCUT2D eigenvalue weighted by Gasteiger charge is -2.18. The van der Waals surface area contributed by atoms with Crippen molar-refractivity contribution in [2.24, 2.45) is 0 Å². The predicted octanol–water partition coefficient (Wildman–Crippen LogP) is 1.41. The maximum atomic E-state index is 11.4. The van der Waals surface area contributed by atoms with Crippen LogP contribution in [0.1, 0.15) is 39.5 Å². The first-order valence-corrected chi connectivity index (χ1v) is 5.00. The van der Waals surface area contributed by atoms with Crippen molar-refractivity contribution in [2.75, 3.05) is 13.6 Å². The van der Waals surface area contributed by atoms with Crippen LogP contribution in [0, 0.1) is 0 Å². The Kier molecular flexibility index (Phi) is 6.59. The molecule has 0 fully saturated rings. The lowest BCUT2D eigenvalue weighted by molar-refractivity contribution is -0.131. The largest absolute Gasteiger partial charge is 0.392 e. The average molecular weight is 187 g/mol. The molecule has 1 unspecified atom stereocenters. The van der Waals surface area contributed by atoms with E-state index in [1.165, 1.54) is 0 Å². The van der Waals surface area contributed by atoms with Gasteiger partial charge in [-0.25, -0.2) is 0 Å². The molecule has 0 spiro atoms. The number of aliphatic hydroxyl groups excluding tert-OH is 1. The molecule has 13 heavy (non-hydrogen) atoms. The molecule has 1 N–H and O–H groups in total. The fraction of sp³-hybridized carbons (Fsp3) is 0.900. The fourth-order valence-electron chi connectivity index (χ4n) is 1.22. The number of nitrogens with zero attached hydrogens (tertiary/aromatic N) is 1. The van der Waals surface area contributed by atoms with E-state index in [2.05, 4.69) is 6.92 Å². The molecule has 0 saturated heterocycles. The minimum atomic E-state index is -0.430. The Labute approximate surface area is 80.7 Å². The molecule has 0 heterocycles. The normalized spacial score (nSPS) is 12.6. The summed E-state index contributed by atoms with van der Waals surface area (Å²) in [5, 5.41) is 9.05. The third-order valence-corrected chi connectivity index (χ3v) is 1.96. The number of carbonyl (C=O) groups is 1. The summed E-state index contributed by atoms with van der Waals surface area (Å²) in [6, 6.07) is 0. The Hall–Kier alpha value is -0.570. The van der Waals surface area contributed by atoms with Crippen LogP contribution in [0.3, 0.4) is 0 Å². The van der Waals surface area contributed by atoms with Gasteiger partial charge >= 0.3 is 0 Å². The monoisotopic (exact) mass is 187 g/mol. The van der Waals surface area contributed by atoms with Crippen molar-refractivity contribution in [3.05, 3.63) is 0 Å². The van der Waals surface area contributed by atoms with E-state index in [9.17, 15) is 4.79 Å². The van der Waals surface area contributed by atoms with Crippen LogP contribution in [0.4, 0.5) is 0 Å². The number of likely N-dealkylation sites (N-methyl/N-ethyl adjacent to an activating group) is 1. The van der Waals surface area contributed by atoms with Crippen molar-refractivity contribution in [3.63, 3.8) is 0 Å². The topological polar surface area (TPSA) is 40.5 Å². The van der Waals surface area contributed by atoms with E-state index in [-0.39, 0.29) is 5.91 Å². The molecule has 78 valence electrons. The Balaban J connectivity index is 3.57. The number of rotatable bonds is 6. The van der Waals surface area contributed by atoms with Gasteiger partial charge in [0.15, 0.2) is 0 Å². The van der Waals surface area contributed by atoms with Crippen molar-refractivity contribution in [2.45, 2.75) is 45.6 Å². The van der Waals surface area contributed by atoms with Gasteiger partial charge in [0.25, 0.3) is 0 Å². The number of hydrogen-bond donors (Lipinski definition) is 1. The molecule has 0 aliphatic heterocycles. The highest BCUT2D eigenvalue weighted by Crippen LogP contribution is 2.02. The third kappa shape index (κ3) is 6.58. The van der Waals surface area contributed by atoms with Crippen LogP contribution < -0.4 is 0 Å². The summed E-state index contributed by atoms with van der Waals surface area (Å²) >= 11 is 0. The van der Waals surface area contributed by atoms with E-state index in [1.807, 2.05) is 0 Å². The molecule has 3 nitrogen and oxygen atoms in total. The zero-order chi connectivity index (χ0) is 10.3. The second-order valence-corrected chi connectivity index (χ2v) is 3.58. The summed E-state index contributed by atoms with van der Waals surface area (Å²) in [4.78, 5) is 13.0. The van der Waals surface area contributed by atoms with E-state index in [4.69, 9.17) is 5.11 Å². The number of aliphatic hydroxyl groups is 1. The van der Waals surface area contributed by atoms with Gasteiger partial charge in [0.2, 0.25) is 5.91 Å². The number of amides is 1. The number of hydrogen-bond acceptors (Lipinski definition) is 2. The van der Waals surface area contributed by atoms with Crippen LogP contribution in [0.15, 0.2) is 0 Å². The van der Waals surface area contributed by atoms with Crippen LogP contribution in [0.2, 0.25) is 0 Å². The highest BCUT2D eigenvalue weighted by molar-refractivity contribution is 5.75. The third-order valence-electron chi connectivity index (χ3n) is 1.96. The minimum absolute atomic E-state index is 0.134. The molecule has 1 amide bonds. The van der Waals surface area contributed by atoms with Gasteiger partial charge in [0, 0.05) is 20.0 Å². The summed E-state index contributed by atoms with van der Waals surface area (Å²) in [5.41, 5.74) is 0. The van der Waals surface area contributed by atoms with Crippen LogP contribution >= 0.6 is 0 Å². The molecule has 0 saturated carbocycles. The minimum Gasteiger partial charge on any atom is -0.392 e. The average Bonchev–Trinajstić information content (AvgIpc) is 2.03. The SMILES string of the molecule is CCCCCC(=O)N(C)CC(C)O. The quantitative estimate of drug-likeness (QED) is 0.639. The van der Waals surface area contributed by atoms with Crippen molar-refractivity contribution >= 4 is 5.91 Å². The highest BCUT2D eigenvalue weighted by atomic mass is 16.3. The summed E-state index contributed by atoms with van der Waals surface area (Å²) in [7, 11) is 1.74. The van der Waals surface area contributed by atoms with Gasteiger partial charge in [-0.1, -0.05) is 19.8 Å². The summed E-state index contributed by atoms with van der Waals surface area (Å²) < 4.78 is 0. The first-order chi connectivity index (χ1) is 6.07. The molecule has 0 aromatic carbocycles. The van der Waals surface area contributed by atoms with E-state index < -0.39 is 6.10 Å². The summed E-state index contributed by atoms with van der Waals surface area (Å²) in [6.07, 6.45) is 3.37. The zero-order valence-corrected chi connectivity index (χ0v) is 8.92. The van der Waals surface area contributed by atoms with E-state index >= 15 is 0 Å². The van der Waals surface area contributed by atoms with Gasteiger partial charge < -0.3 is 10.0 Å². The van der Waals surface area contributed by atoms with Gasteiger partial charge in [0.05, 0.1) is 6.10 Å². The van der Waals surface area contributed by atoms with E-state index in [0.29, 0.717) is 13.0 Å². The van der Waals surface area contributed by atoms with Gasteiger partial charge in [-0.15, -0.1) is 0 Å². The van der Waals surface area contributed by atoms with Gasteiger partial charge in [0.1, 0.15) is 0 Å². The molecule has 0 aliphatic carbocycles. The fourth-order valence-corrected chi connectivity index (χ4v) is 1.22. The number of carbonyl (C=O) groups excluding carboxylic acids is 1. The van der Waals surface area contributed by atoms with Gasteiger partial charge in [-0.3, -0.25) is 4.79 Å². The standard InChI is InChI=1S/C10H21NO2/c1-4-5-6-7-10(13)11(3)8-9(2)12/h9,12H,4-8H2,1-3H3. The van der Waals surface area contributed by atoms with Crippen LogP contribution in [0.5, 0.6) is 0 Å². The first-order valence-electron chi connectivity index (χ1n) is 5.00. The van der Waals surface area contributed by atoms with Gasteiger partial charge in [-0.05, 0) is 13.3 Å². The Morgan fingerprint density at radius 3 is 2.54 bits per heavy atom. The molecule has 1 atom stereocenters. The number of unbranched alkanes of at least 4 members (excludes halogenated alkanes) is 2. The van der Waals surface area contributed by atoms with Crippen molar-refractivity contribution in [1.29, 1.82) is 0 Å². The molecule has 0 aromatic rings. The second kappa shape index (κ2) is 6.89. The van der Waals surface area contributed by atoms with Crippen LogP contribution in [0.25, 0.3) is 0 Å². The van der Waals surface area contributed by atoms with E-state index in [1.54, 1.807) is 18.9 Å². The second-order valence-electron chi connectivity index (χ2n) is 3.58. The molecular formula is C10H21NO2. The molecule has 0 radical (unpaired) electrons. The lowest BCUT2D eigenvalue weighted by Crippen LogP contribution is -2.32. The zero-order valence-electron chi connectivity index (χ0n) is 8.92. The smallest absolute Gasteiger partial charge is 0.222 e. The first kappa shape index (κ1) is 12.4. The Morgan fingerprint density at radius 2 is 2.08 bits per heavy atom. The maximum absolute atomic E-state index is 11.4. The van der Waals surface area contributed by atoms with E-state index in [0.717, 1.165) is 19.3 Å². The molecule has 0 aliphatic rings. The maximum Gasteiger partial charge on any atom is 0.222 e.